The van der Waals surface area contributed by atoms with Gasteiger partial charge in [0.1, 0.15) is 0 Å². The Morgan fingerprint density at radius 1 is 1.10 bits per heavy atom. The molecule has 0 amide bonds. The van der Waals surface area contributed by atoms with Gasteiger partial charge in [-0.2, -0.15) is 0 Å². The van der Waals surface area contributed by atoms with Gasteiger partial charge in [-0.3, -0.25) is 4.79 Å². The Kier molecular flexibility index (Phi) is 3.54. The third-order valence-corrected chi connectivity index (χ3v) is 3.46. The maximum absolute atomic E-state index is 13.6. The van der Waals surface area contributed by atoms with Gasteiger partial charge in [0.25, 0.3) is 0 Å². The van der Waals surface area contributed by atoms with E-state index in [1.807, 2.05) is 24.3 Å². The summed E-state index contributed by atoms with van der Waals surface area (Å²) >= 11 is 0. The minimum atomic E-state index is -0.464. The predicted octanol–water partition coefficient (Wildman–Crippen LogP) is 3.46. The molecule has 1 aromatic heterocycles. The molecule has 106 valence electrons. The average Bonchev–Trinajstić information content (AvgIpc) is 2.93. The Bertz CT molecular complexity index is 807. The highest BCUT2D eigenvalue weighted by Crippen LogP contribution is 2.23. The Hall–Kier alpha value is -2.46. The van der Waals surface area contributed by atoms with Gasteiger partial charge in [-0.25, -0.2) is 4.39 Å². The maximum atomic E-state index is 13.6. The average molecular weight is 283 g/mol. The van der Waals surface area contributed by atoms with Gasteiger partial charge in [0.2, 0.25) is 5.78 Å². The minimum absolute atomic E-state index is 0.118. The number of rotatable bonds is 4. The SMILES string of the molecule is NCc1ccccc1CC(=O)c1cc2cccc(F)c2o1. The van der Waals surface area contributed by atoms with Crippen LogP contribution in [0.4, 0.5) is 4.39 Å². The van der Waals surface area contributed by atoms with Crippen LogP contribution in [0.1, 0.15) is 21.7 Å². The Morgan fingerprint density at radius 3 is 2.57 bits per heavy atom. The van der Waals surface area contributed by atoms with Crippen molar-refractivity contribution < 1.29 is 13.6 Å². The third kappa shape index (κ3) is 2.58. The van der Waals surface area contributed by atoms with Crippen LogP contribution >= 0.6 is 0 Å². The standard InChI is InChI=1S/C17H14FNO2/c18-14-7-3-6-12-9-16(21-17(12)14)15(20)8-11-4-1-2-5-13(11)10-19/h1-7,9H,8,10,19H2. The fourth-order valence-corrected chi connectivity index (χ4v) is 2.35. The smallest absolute Gasteiger partial charge is 0.202 e. The number of ketones is 1. The molecule has 0 radical (unpaired) electrons. The van der Waals surface area contributed by atoms with E-state index in [4.69, 9.17) is 10.2 Å². The monoisotopic (exact) mass is 283 g/mol. The number of benzene rings is 2. The summed E-state index contributed by atoms with van der Waals surface area (Å²) in [6.45, 7) is 0.373. The summed E-state index contributed by atoms with van der Waals surface area (Å²) < 4.78 is 18.9. The molecule has 0 saturated heterocycles. The van der Waals surface area contributed by atoms with Crippen LogP contribution in [0.25, 0.3) is 11.0 Å². The van der Waals surface area contributed by atoms with E-state index in [2.05, 4.69) is 0 Å². The highest BCUT2D eigenvalue weighted by molar-refractivity contribution is 5.98. The minimum Gasteiger partial charge on any atom is -0.450 e. The van der Waals surface area contributed by atoms with Gasteiger partial charge in [-0.05, 0) is 23.3 Å². The first-order valence-electron chi connectivity index (χ1n) is 6.67. The molecule has 4 heteroatoms. The van der Waals surface area contributed by atoms with Crippen molar-refractivity contribution in [3.05, 3.63) is 71.2 Å². The van der Waals surface area contributed by atoms with E-state index in [-0.39, 0.29) is 23.5 Å². The van der Waals surface area contributed by atoms with Crippen molar-refractivity contribution in [2.24, 2.45) is 5.73 Å². The zero-order valence-electron chi connectivity index (χ0n) is 11.3. The summed E-state index contributed by atoms with van der Waals surface area (Å²) in [5, 5.41) is 0.588. The molecule has 0 unspecified atom stereocenters. The van der Waals surface area contributed by atoms with E-state index in [1.54, 1.807) is 18.2 Å². The quantitative estimate of drug-likeness (QED) is 0.746. The fraction of sp³-hybridized carbons (Fsp3) is 0.118. The van der Waals surface area contributed by atoms with Crippen molar-refractivity contribution in [1.82, 2.24) is 0 Å². The van der Waals surface area contributed by atoms with Crippen LogP contribution in [0.15, 0.2) is 52.9 Å². The topological polar surface area (TPSA) is 56.2 Å². The summed E-state index contributed by atoms with van der Waals surface area (Å²) in [5.74, 6) is -0.484. The summed E-state index contributed by atoms with van der Waals surface area (Å²) in [6.07, 6.45) is 0.189. The van der Waals surface area contributed by atoms with Crippen LogP contribution in [-0.4, -0.2) is 5.78 Å². The van der Waals surface area contributed by atoms with Crippen molar-refractivity contribution in [3.8, 4) is 0 Å². The first kappa shape index (κ1) is 13.5. The maximum Gasteiger partial charge on any atom is 0.202 e. The molecule has 0 saturated carbocycles. The largest absolute Gasteiger partial charge is 0.450 e. The first-order valence-corrected chi connectivity index (χ1v) is 6.67. The Morgan fingerprint density at radius 2 is 1.86 bits per heavy atom. The van der Waals surface area contributed by atoms with E-state index in [1.165, 1.54) is 6.07 Å². The van der Waals surface area contributed by atoms with Crippen molar-refractivity contribution in [2.75, 3.05) is 0 Å². The van der Waals surface area contributed by atoms with Gasteiger partial charge in [-0.1, -0.05) is 36.4 Å². The lowest BCUT2D eigenvalue weighted by Gasteiger charge is -2.05. The molecule has 0 spiro atoms. The van der Waals surface area contributed by atoms with Crippen LogP contribution in [0.5, 0.6) is 0 Å². The van der Waals surface area contributed by atoms with Crippen molar-refractivity contribution in [3.63, 3.8) is 0 Å². The van der Waals surface area contributed by atoms with Crippen molar-refractivity contribution in [1.29, 1.82) is 0 Å². The van der Waals surface area contributed by atoms with Gasteiger partial charge in [0.15, 0.2) is 17.2 Å². The van der Waals surface area contributed by atoms with Crippen LogP contribution in [-0.2, 0) is 13.0 Å². The normalized spacial score (nSPS) is 11.0. The molecule has 0 aliphatic carbocycles. The molecule has 0 atom stereocenters. The second kappa shape index (κ2) is 5.50. The number of Topliss-reactive ketones (excluding diaryl/α,β-unsaturated/α-hetero) is 1. The molecule has 2 N–H and O–H groups in total. The first-order chi connectivity index (χ1) is 10.2. The molecule has 0 aliphatic heterocycles. The number of fused-ring (bicyclic) bond motifs is 1. The van der Waals surface area contributed by atoms with E-state index < -0.39 is 5.82 Å². The highest BCUT2D eigenvalue weighted by Gasteiger charge is 2.16. The van der Waals surface area contributed by atoms with Gasteiger partial charge in [-0.15, -0.1) is 0 Å². The number of para-hydroxylation sites is 1. The molecule has 2 aromatic carbocycles. The second-order valence-corrected chi connectivity index (χ2v) is 4.84. The molecule has 21 heavy (non-hydrogen) atoms. The molecule has 3 rings (SSSR count). The highest BCUT2D eigenvalue weighted by atomic mass is 19.1. The lowest BCUT2D eigenvalue weighted by molar-refractivity contribution is 0.0968. The summed E-state index contributed by atoms with van der Waals surface area (Å²) in [7, 11) is 0. The van der Waals surface area contributed by atoms with E-state index in [9.17, 15) is 9.18 Å². The number of carbonyl (C=O) groups excluding carboxylic acids is 1. The van der Waals surface area contributed by atoms with Crippen molar-refractivity contribution in [2.45, 2.75) is 13.0 Å². The lowest BCUT2D eigenvalue weighted by atomic mass is 10.0. The van der Waals surface area contributed by atoms with Gasteiger partial charge >= 0.3 is 0 Å². The number of nitrogens with two attached hydrogens (primary N) is 1. The third-order valence-electron chi connectivity index (χ3n) is 3.46. The fourth-order valence-electron chi connectivity index (χ4n) is 2.35. The number of halogens is 1. The molecule has 0 bridgehead atoms. The Balaban J connectivity index is 1.92. The lowest BCUT2D eigenvalue weighted by Crippen LogP contribution is -2.07. The molecule has 3 nitrogen and oxygen atoms in total. The van der Waals surface area contributed by atoms with Gasteiger partial charge in [0.05, 0.1) is 0 Å². The molecule has 0 aliphatic rings. The molecule has 1 heterocycles. The number of furan rings is 1. The van der Waals surface area contributed by atoms with E-state index in [0.29, 0.717) is 11.9 Å². The van der Waals surface area contributed by atoms with Crippen molar-refractivity contribution >= 4 is 16.8 Å². The van der Waals surface area contributed by atoms with Gasteiger partial charge < -0.3 is 10.2 Å². The van der Waals surface area contributed by atoms with Crippen LogP contribution in [0.3, 0.4) is 0 Å². The summed E-state index contributed by atoms with van der Waals surface area (Å²) in [6, 6.07) is 13.7. The summed E-state index contributed by atoms with van der Waals surface area (Å²) in [4.78, 5) is 12.3. The van der Waals surface area contributed by atoms with E-state index >= 15 is 0 Å². The molecule has 0 fully saturated rings. The zero-order chi connectivity index (χ0) is 14.8. The second-order valence-electron chi connectivity index (χ2n) is 4.84. The molecular weight excluding hydrogens is 269 g/mol. The molecular formula is C17H14FNO2. The van der Waals surface area contributed by atoms with Crippen LogP contribution < -0.4 is 5.73 Å². The van der Waals surface area contributed by atoms with E-state index in [0.717, 1.165) is 11.1 Å². The Labute approximate surface area is 121 Å². The number of hydrogen-bond donors (Lipinski definition) is 1. The summed E-state index contributed by atoms with van der Waals surface area (Å²) in [5.41, 5.74) is 7.57. The van der Waals surface area contributed by atoms with Gasteiger partial charge in [0, 0.05) is 18.4 Å². The zero-order valence-corrected chi connectivity index (χ0v) is 11.3. The predicted molar refractivity (Wildman–Crippen MR) is 78.5 cm³/mol. The number of carbonyl (C=O) groups is 1. The molecule has 3 aromatic rings. The van der Waals surface area contributed by atoms with Crippen LogP contribution in [0, 0.1) is 5.82 Å². The number of hydrogen-bond acceptors (Lipinski definition) is 3. The van der Waals surface area contributed by atoms with Crippen LogP contribution in [0.2, 0.25) is 0 Å².